The number of benzene rings is 2. The van der Waals surface area contributed by atoms with Crippen molar-refractivity contribution in [2.45, 2.75) is 26.3 Å². The van der Waals surface area contributed by atoms with Crippen LogP contribution in [0.1, 0.15) is 20.8 Å². The summed E-state index contributed by atoms with van der Waals surface area (Å²) in [5.41, 5.74) is 5.03. The summed E-state index contributed by atoms with van der Waals surface area (Å²) in [6.07, 6.45) is 2.20. The first-order valence-corrected chi connectivity index (χ1v) is 9.58. The van der Waals surface area contributed by atoms with Gasteiger partial charge in [0.05, 0.1) is 0 Å². The maximum absolute atomic E-state index is 8.49. The van der Waals surface area contributed by atoms with Crippen LogP contribution in [0.3, 0.4) is 0 Å². The van der Waals surface area contributed by atoms with Gasteiger partial charge in [0.2, 0.25) is 5.69 Å². The molecule has 3 aromatic rings. The maximum atomic E-state index is 8.49. The molecule has 5 nitrogen and oxygen atoms in total. The normalized spacial score (nSPS) is 11.5. The Bertz CT molecular complexity index is 851. The Kier molecular flexibility index (Phi) is 6.70. The van der Waals surface area contributed by atoms with Crippen molar-refractivity contribution in [2.75, 3.05) is 0 Å². The zero-order valence-electron chi connectivity index (χ0n) is 15.5. The van der Waals surface area contributed by atoms with E-state index in [-0.39, 0.29) is 5.54 Å². The molecule has 0 radical (unpaired) electrons. The van der Waals surface area contributed by atoms with Gasteiger partial charge < -0.3 is 0 Å². The fraction of sp³-hybridized carbons (Fsp3) is 0.190. The van der Waals surface area contributed by atoms with E-state index >= 15 is 0 Å². The van der Waals surface area contributed by atoms with Crippen molar-refractivity contribution < 1.29 is 33.4 Å². The summed E-state index contributed by atoms with van der Waals surface area (Å²) in [5, 5.41) is 0. The second-order valence-corrected chi connectivity index (χ2v) is 7.71. The Morgan fingerprint density at radius 3 is 1.56 bits per heavy atom. The summed E-state index contributed by atoms with van der Waals surface area (Å²) in [7, 11) is -4.94. The monoisotopic (exact) mass is 387 g/mol. The largest absolute Gasteiger partial charge is 0.222 e. The van der Waals surface area contributed by atoms with Gasteiger partial charge >= 0.3 is 0 Å². The number of pyridine rings is 1. The van der Waals surface area contributed by atoms with E-state index in [2.05, 4.69) is 104 Å². The van der Waals surface area contributed by atoms with Crippen LogP contribution in [0.25, 0.3) is 22.4 Å². The minimum Gasteiger partial charge on any atom is -0.222 e. The molecule has 0 bridgehead atoms. The van der Waals surface area contributed by atoms with Crippen LogP contribution in [-0.4, -0.2) is 0 Å². The van der Waals surface area contributed by atoms with Gasteiger partial charge in [-0.1, -0.05) is 48.5 Å². The third-order valence-electron chi connectivity index (χ3n) is 3.85. The molecule has 2 aromatic carbocycles. The molecule has 6 heteroatoms. The SMILES string of the molecule is CC(C)(C)[n+]1ccc(-c2ccccc2)cc1-c1ccccc1.[O-][Cl+3]([O-])([O-])[O-]. The number of hydrogen-bond acceptors (Lipinski definition) is 4. The molecule has 3 rings (SSSR count). The second-order valence-electron chi connectivity index (χ2n) is 6.95. The van der Waals surface area contributed by atoms with Gasteiger partial charge in [0, 0.05) is 38.5 Å². The highest BCUT2D eigenvalue weighted by Gasteiger charge is 2.26. The zero-order chi connectivity index (χ0) is 20.1. The van der Waals surface area contributed by atoms with E-state index in [1.807, 2.05) is 0 Å². The lowest BCUT2D eigenvalue weighted by Crippen LogP contribution is -2.68. The van der Waals surface area contributed by atoms with E-state index in [1.165, 1.54) is 22.4 Å². The second kappa shape index (κ2) is 8.61. The molecule has 27 heavy (non-hydrogen) atoms. The lowest BCUT2D eigenvalue weighted by Gasteiger charge is -2.17. The summed E-state index contributed by atoms with van der Waals surface area (Å²) in [6.45, 7) is 6.71. The van der Waals surface area contributed by atoms with Crippen LogP contribution in [0.4, 0.5) is 0 Å². The molecule has 1 heterocycles. The van der Waals surface area contributed by atoms with E-state index in [0.717, 1.165) is 0 Å². The van der Waals surface area contributed by atoms with Crippen LogP contribution < -0.4 is 23.2 Å². The van der Waals surface area contributed by atoms with Crippen LogP contribution in [0.2, 0.25) is 0 Å². The van der Waals surface area contributed by atoms with Gasteiger partial charge in [0.15, 0.2) is 11.7 Å². The van der Waals surface area contributed by atoms with E-state index < -0.39 is 10.2 Å². The first-order chi connectivity index (χ1) is 12.6. The van der Waals surface area contributed by atoms with Crippen LogP contribution in [0, 0.1) is 10.2 Å². The van der Waals surface area contributed by atoms with E-state index in [0.29, 0.717) is 0 Å². The van der Waals surface area contributed by atoms with Crippen molar-refractivity contribution >= 4 is 0 Å². The quantitative estimate of drug-likeness (QED) is 0.591. The number of nitrogens with zero attached hydrogens (tertiary/aromatic N) is 1. The minimum absolute atomic E-state index is 0.0421. The first kappa shape index (κ1) is 21.0. The van der Waals surface area contributed by atoms with Gasteiger partial charge in [-0.25, -0.2) is 18.6 Å². The summed E-state index contributed by atoms with van der Waals surface area (Å²) in [4.78, 5) is 0. The van der Waals surface area contributed by atoms with E-state index in [9.17, 15) is 0 Å². The van der Waals surface area contributed by atoms with Gasteiger partial charge in [0.25, 0.3) is 0 Å². The van der Waals surface area contributed by atoms with Gasteiger partial charge in [-0.2, -0.15) is 4.57 Å². The predicted octanol–water partition coefficient (Wildman–Crippen LogP) is 0.307. The lowest BCUT2D eigenvalue weighted by atomic mass is 10.00. The number of hydrogen-bond donors (Lipinski definition) is 0. The summed E-state index contributed by atoms with van der Waals surface area (Å²) in [5.74, 6) is 0. The van der Waals surface area contributed by atoms with Crippen molar-refractivity contribution in [3.05, 3.63) is 79.0 Å². The topological polar surface area (TPSA) is 96.1 Å². The van der Waals surface area contributed by atoms with Crippen LogP contribution in [0.5, 0.6) is 0 Å². The fourth-order valence-electron chi connectivity index (χ4n) is 2.73. The fourth-order valence-corrected chi connectivity index (χ4v) is 2.73. The number of aromatic nitrogens is 1. The Morgan fingerprint density at radius 1 is 0.667 bits per heavy atom. The first-order valence-electron chi connectivity index (χ1n) is 8.34. The number of halogens is 1. The van der Waals surface area contributed by atoms with Crippen molar-refractivity contribution in [3.8, 4) is 22.4 Å². The molecule has 142 valence electrons. The molecule has 0 aliphatic heterocycles. The molecular formula is C21H22ClNO4. The minimum atomic E-state index is -4.94. The Balaban J connectivity index is 0.000000465. The van der Waals surface area contributed by atoms with Crippen LogP contribution in [-0.2, 0) is 5.54 Å². The van der Waals surface area contributed by atoms with E-state index in [4.69, 9.17) is 18.6 Å². The Morgan fingerprint density at radius 2 is 1.11 bits per heavy atom. The molecule has 0 N–H and O–H groups in total. The molecule has 0 saturated carbocycles. The molecule has 0 saturated heterocycles. The highest BCUT2D eigenvalue weighted by atomic mass is 35.7. The van der Waals surface area contributed by atoms with Crippen molar-refractivity contribution in [3.63, 3.8) is 0 Å². The van der Waals surface area contributed by atoms with Gasteiger partial charge in [-0.3, -0.25) is 0 Å². The maximum Gasteiger partial charge on any atom is 0.213 e. The lowest BCUT2D eigenvalue weighted by molar-refractivity contribution is -2.00. The smallest absolute Gasteiger partial charge is 0.213 e. The zero-order valence-corrected chi connectivity index (χ0v) is 16.2. The molecule has 0 fully saturated rings. The summed E-state index contributed by atoms with van der Waals surface area (Å²) >= 11 is 0. The Labute approximate surface area is 161 Å². The molecule has 0 aliphatic rings. The molecule has 0 amide bonds. The summed E-state index contributed by atoms with van der Waals surface area (Å²) < 4.78 is 36.3. The van der Waals surface area contributed by atoms with Crippen LogP contribution in [0.15, 0.2) is 79.0 Å². The molecular weight excluding hydrogens is 366 g/mol. The molecule has 1 aromatic heterocycles. The van der Waals surface area contributed by atoms with Gasteiger partial charge in [-0.15, -0.1) is 10.2 Å². The van der Waals surface area contributed by atoms with Crippen molar-refractivity contribution in [1.29, 1.82) is 0 Å². The van der Waals surface area contributed by atoms with Crippen molar-refractivity contribution in [1.82, 2.24) is 0 Å². The predicted molar refractivity (Wildman–Crippen MR) is 92.5 cm³/mol. The van der Waals surface area contributed by atoms with Gasteiger partial charge in [0.1, 0.15) is 0 Å². The summed E-state index contributed by atoms with van der Waals surface area (Å²) in [6, 6.07) is 25.6. The highest BCUT2D eigenvalue weighted by molar-refractivity contribution is 5.68. The van der Waals surface area contributed by atoms with Crippen LogP contribution >= 0.6 is 0 Å². The van der Waals surface area contributed by atoms with Crippen molar-refractivity contribution in [2.24, 2.45) is 0 Å². The average molecular weight is 388 g/mol. The molecule has 0 spiro atoms. The third-order valence-corrected chi connectivity index (χ3v) is 3.85. The Hall–Kier alpha value is -2.28. The molecule has 0 unspecified atom stereocenters. The third kappa shape index (κ3) is 6.75. The molecule has 0 atom stereocenters. The van der Waals surface area contributed by atoms with E-state index in [1.54, 1.807) is 0 Å². The highest BCUT2D eigenvalue weighted by Crippen LogP contribution is 2.25. The number of rotatable bonds is 2. The average Bonchev–Trinajstić information content (AvgIpc) is 2.60. The standard InChI is InChI=1S/C21H22N.ClHO4/c1-21(2,3)22-15-14-19(17-10-6-4-7-11-17)16-20(22)18-12-8-5-9-13-18;2-1(3,4)5/h4-16H,1-3H3;(H,2,3,4,5)/q+1;/p-1. The van der Waals surface area contributed by atoms with Gasteiger partial charge in [-0.05, 0) is 23.3 Å². The molecule has 0 aliphatic carbocycles.